The lowest BCUT2D eigenvalue weighted by Gasteiger charge is -2.07. The molecular formula is C26H27N5O6. The molecule has 0 atom stereocenters. The van der Waals surface area contributed by atoms with Crippen LogP contribution in [-0.2, 0) is 25.7 Å². The normalized spacial score (nSPS) is 10.6. The lowest BCUT2D eigenvalue weighted by Crippen LogP contribution is -2.34. The molecule has 11 nitrogen and oxygen atoms in total. The maximum atomic E-state index is 12.1. The van der Waals surface area contributed by atoms with E-state index < -0.39 is 23.6 Å². The van der Waals surface area contributed by atoms with E-state index in [1.807, 2.05) is 26.8 Å². The number of hydrogen-bond donors (Lipinski definition) is 4. The zero-order valence-electron chi connectivity index (χ0n) is 20.6. The smallest absolute Gasteiger partial charge is 0.329 e. The summed E-state index contributed by atoms with van der Waals surface area (Å²) in [7, 11) is 0. The largest absolute Gasteiger partial charge is 0.494 e. The van der Waals surface area contributed by atoms with E-state index in [1.165, 1.54) is 6.21 Å². The lowest BCUT2D eigenvalue weighted by molar-refractivity contribution is -0.136. The highest BCUT2D eigenvalue weighted by Gasteiger charge is 2.15. The number of benzene rings is 2. The number of amides is 4. The van der Waals surface area contributed by atoms with Gasteiger partial charge >= 0.3 is 23.6 Å². The second-order valence-electron chi connectivity index (χ2n) is 7.85. The molecular weight excluding hydrogens is 478 g/mol. The van der Waals surface area contributed by atoms with Gasteiger partial charge < -0.3 is 25.1 Å². The number of furan rings is 1. The Kier molecular flexibility index (Phi) is 9.14. The van der Waals surface area contributed by atoms with E-state index in [0.717, 1.165) is 11.1 Å². The van der Waals surface area contributed by atoms with Crippen molar-refractivity contribution >= 4 is 41.2 Å². The number of nitrogens with one attached hydrogen (secondary N) is 4. The van der Waals surface area contributed by atoms with Crippen LogP contribution in [0.15, 0.2) is 64.1 Å². The van der Waals surface area contributed by atoms with Crippen LogP contribution in [0.3, 0.4) is 0 Å². The fourth-order valence-corrected chi connectivity index (χ4v) is 3.01. The van der Waals surface area contributed by atoms with Crippen LogP contribution in [-0.4, -0.2) is 36.5 Å². The molecule has 0 saturated carbocycles. The van der Waals surface area contributed by atoms with Crippen molar-refractivity contribution in [2.75, 3.05) is 17.2 Å². The molecule has 1 aromatic heterocycles. The highest BCUT2D eigenvalue weighted by Crippen LogP contribution is 2.16. The summed E-state index contributed by atoms with van der Waals surface area (Å²) in [6, 6.07) is 15.0. The number of nitrogens with zero attached hydrogens (tertiary/aromatic N) is 1. The third kappa shape index (κ3) is 8.06. The first-order valence-corrected chi connectivity index (χ1v) is 11.4. The number of hydrogen-bond acceptors (Lipinski definition) is 7. The summed E-state index contributed by atoms with van der Waals surface area (Å²) in [4.78, 5) is 48.1. The predicted molar refractivity (Wildman–Crippen MR) is 137 cm³/mol. The third-order valence-electron chi connectivity index (χ3n) is 5.06. The van der Waals surface area contributed by atoms with Gasteiger partial charge in [-0.1, -0.05) is 6.07 Å². The fraction of sp³-hybridized carbons (Fsp3) is 0.192. The van der Waals surface area contributed by atoms with Gasteiger partial charge in [0.05, 0.1) is 19.4 Å². The van der Waals surface area contributed by atoms with Crippen molar-refractivity contribution in [2.24, 2.45) is 5.10 Å². The summed E-state index contributed by atoms with van der Waals surface area (Å²) >= 11 is 0. The molecule has 0 aliphatic carbocycles. The van der Waals surface area contributed by atoms with Crippen LogP contribution in [0, 0.1) is 13.8 Å². The number of anilines is 2. The van der Waals surface area contributed by atoms with E-state index >= 15 is 0 Å². The Bertz CT molecular complexity index is 1310. The number of aryl methyl sites for hydroxylation is 2. The highest BCUT2D eigenvalue weighted by atomic mass is 16.5. The molecule has 2 aromatic carbocycles. The Morgan fingerprint density at radius 3 is 2.22 bits per heavy atom. The van der Waals surface area contributed by atoms with E-state index in [4.69, 9.17) is 9.15 Å². The summed E-state index contributed by atoms with van der Waals surface area (Å²) in [6.45, 7) is 6.20. The summed E-state index contributed by atoms with van der Waals surface area (Å²) in [5.74, 6) is -2.24. The summed E-state index contributed by atoms with van der Waals surface area (Å²) in [6.07, 6.45) is 1.19. The number of ether oxygens (including phenoxy) is 1. The first-order chi connectivity index (χ1) is 17.7. The van der Waals surface area contributed by atoms with Gasteiger partial charge in [0.15, 0.2) is 0 Å². The number of hydrazone groups is 1. The van der Waals surface area contributed by atoms with E-state index in [0.29, 0.717) is 29.5 Å². The highest BCUT2D eigenvalue weighted by molar-refractivity contribution is 6.40. The van der Waals surface area contributed by atoms with Gasteiger partial charge in [0, 0.05) is 11.4 Å². The molecule has 192 valence electrons. The molecule has 37 heavy (non-hydrogen) atoms. The Balaban J connectivity index is 1.42. The van der Waals surface area contributed by atoms with Crippen molar-refractivity contribution in [3.63, 3.8) is 0 Å². The average molecular weight is 506 g/mol. The van der Waals surface area contributed by atoms with Crippen molar-refractivity contribution in [2.45, 2.75) is 27.3 Å². The number of carbonyl (C=O) groups is 4. The molecule has 3 aromatic rings. The van der Waals surface area contributed by atoms with E-state index in [2.05, 4.69) is 26.5 Å². The van der Waals surface area contributed by atoms with Gasteiger partial charge in [-0.15, -0.1) is 0 Å². The maximum absolute atomic E-state index is 12.1. The standard InChI is InChI=1S/C26H27N5O6/c1-4-36-20-9-7-18(8-10-20)29-25(34)26(35)31-28-15-22-12-11-21(37-22)14-27-23(32)24(33)30-19-6-5-16(2)17(3)13-19/h5-13,15H,4,14H2,1-3H3,(H,27,32)(H,29,34)(H,30,33)(H,31,35)/b28-15+. The fourth-order valence-electron chi connectivity index (χ4n) is 3.01. The summed E-state index contributed by atoms with van der Waals surface area (Å²) < 4.78 is 10.8. The molecule has 0 aliphatic rings. The molecule has 4 N–H and O–H groups in total. The number of carbonyl (C=O) groups excluding carboxylic acids is 4. The topological polar surface area (TPSA) is 151 Å². The minimum Gasteiger partial charge on any atom is -0.494 e. The van der Waals surface area contributed by atoms with Crippen molar-refractivity contribution in [3.8, 4) is 5.75 Å². The van der Waals surface area contributed by atoms with Crippen molar-refractivity contribution < 1.29 is 28.3 Å². The Morgan fingerprint density at radius 2 is 1.51 bits per heavy atom. The minimum absolute atomic E-state index is 0.0378. The molecule has 0 bridgehead atoms. The Labute approximate surface area is 213 Å². The quantitative estimate of drug-likeness (QED) is 0.210. The second kappa shape index (κ2) is 12.7. The minimum atomic E-state index is -0.973. The van der Waals surface area contributed by atoms with Crippen LogP contribution in [0.5, 0.6) is 5.75 Å². The van der Waals surface area contributed by atoms with E-state index in [-0.39, 0.29) is 12.3 Å². The first-order valence-electron chi connectivity index (χ1n) is 11.4. The van der Waals surface area contributed by atoms with Gasteiger partial charge in [0.1, 0.15) is 17.3 Å². The van der Waals surface area contributed by atoms with Crippen molar-refractivity contribution in [1.29, 1.82) is 0 Å². The third-order valence-corrected chi connectivity index (χ3v) is 5.06. The SMILES string of the molecule is CCOc1ccc(NC(=O)C(=O)N/N=C/c2ccc(CNC(=O)C(=O)Nc3ccc(C)c(C)c3)o2)cc1. The monoisotopic (exact) mass is 505 g/mol. The van der Waals surface area contributed by atoms with Gasteiger partial charge in [0.2, 0.25) is 0 Å². The van der Waals surface area contributed by atoms with Crippen molar-refractivity contribution in [3.05, 3.63) is 77.2 Å². The molecule has 0 radical (unpaired) electrons. The van der Waals surface area contributed by atoms with Crippen LogP contribution in [0.4, 0.5) is 11.4 Å². The van der Waals surface area contributed by atoms with Gasteiger partial charge in [-0.2, -0.15) is 5.10 Å². The maximum Gasteiger partial charge on any atom is 0.329 e. The number of rotatable bonds is 8. The Hall–Kier alpha value is -4.93. The van der Waals surface area contributed by atoms with Crippen molar-refractivity contribution in [1.82, 2.24) is 10.7 Å². The van der Waals surface area contributed by atoms with Crippen LogP contribution in [0.25, 0.3) is 0 Å². The van der Waals surface area contributed by atoms with Gasteiger partial charge in [-0.05, 0) is 80.4 Å². The molecule has 0 aliphatic heterocycles. The van der Waals surface area contributed by atoms with Crippen LogP contribution in [0.1, 0.15) is 29.6 Å². The summed E-state index contributed by atoms with van der Waals surface area (Å²) in [5, 5.41) is 11.1. The Morgan fingerprint density at radius 1 is 0.838 bits per heavy atom. The van der Waals surface area contributed by atoms with E-state index in [9.17, 15) is 19.2 Å². The molecule has 4 amide bonds. The van der Waals surface area contributed by atoms with Crippen LogP contribution < -0.4 is 26.1 Å². The molecule has 0 saturated heterocycles. The van der Waals surface area contributed by atoms with Crippen LogP contribution in [0.2, 0.25) is 0 Å². The van der Waals surface area contributed by atoms with E-state index in [1.54, 1.807) is 48.5 Å². The van der Waals surface area contributed by atoms with Crippen LogP contribution >= 0.6 is 0 Å². The average Bonchev–Trinajstić information content (AvgIpc) is 3.33. The first kappa shape index (κ1) is 26.7. The molecule has 0 spiro atoms. The lowest BCUT2D eigenvalue weighted by atomic mass is 10.1. The summed E-state index contributed by atoms with van der Waals surface area (Å²) in [5.41, 5.74) is 5.11. The molecule has 0 fully saturated rings. The van der Waals surface area contributed by atoms with Gasteiger partial charge in [0.25, 0.3) is 0 Å². The molecule has 3 rings (SSSR count). The predicted octanol–water partition coefficient (Wildman–Crippen LogP) is 2.64. The van der Waals surface area contributed by atoms with Gasteiger partial charge in [-0.3, -0.25) is 19.2 Å². The zero-order chi connectivity index (χ0) is 26.8. The molecule has 0 unspecified atom stereocenters. The zero-order valence-corrected chi connectivity index (χ0v) is 20.6. The molecule has 11 heteroatoms. The van der Waals surface area contributed by atoms with Gasteiger partial charge in [-0.25, -0.2) is 5.43 Å². The second-order valence-corrected chi connectivity index (χ2v) is 7.85. The molecule has 1 heterocycles.